The summed E-state index contributed by atoms with van der Waals surface area (Å²) in [6, 6.07) is 0. The highest BCUT2D eigenvalue weighted by Gasteiger charge is 1.79. The van der Waals surface area contributed by atoms with E-state index in [2.05, 4.69) is 6.58 Å². The largest absolute Gasteiger partial charge is 0.478 e. The number of unbranched alkanes of at least 4 members (excludes halogenated alkanes) is 1. The summed E-state index contributed by atoms with van der Waals surface area (Å²) in [5.41, 5.74) is 0. The van der Waals surface area contributed by atoms with E-state index in [-0.39, 0.29) is 0 Å². The lowest BCUT2D eigenvalue weighted by Gasteiger charge is -1.81. The number of carbonyl (C=O) groups is 1. The molecule has 0 spiro atoms. The van der Waals surface area contributed by atoms with Crippen molar-refractivity contribution in [2.75, 3.05) is 0 Å². The van der Waals surface area contributed by atoms with Crippen LogP contribution in [0.25, 0.3) is 0 Å². The maximum Gasteiger partial charge on any atom is 0.328 e. The lowest BCUT2D eigenvalue weighted by molar-refractivity contribution is -0.131. The Balaban J connectivity index is 3.43. The van der Waals surface area contributed by atoms with E-state index in [4.69, 9.17) is 5.11 Å². The van der Waals surface area contributed by atoms with E-state index in [0.29, 0.717) is 0 Å². The fourth-order valence-electron chi connectivity index (χ4n) is 0.527. The van der Waals surface area contributed by atoms with Crippen LogP contribution in [0.4, 0.5) is 0 Å². The van der Waals surface area contributed by atoms with E-state index in [1.54, 1.807) is 6.08 Å². The molecule has 60 valence electrons. The van der Waals surface area contributed by atoms with Crippen LogP contribution in [0.3, 0.4) is 0 Å². The third kappa shape index (κ3) is 8.69. The van der Waals surface area contributed by atoms with Crippen LogP contribution in [-0.2, 0) is 4.79 Å². The molecule has 0 amide bonds. The minimum atomic E-state index is -0.918. The Morgan fingerprint density at radius 3 is 2.64 bits per heavy atom. The zero-order valence-corrected chi connectivity index (χ0v) is 6.36. The zero-order chi connectivity index (χ0) is 8.53. The molecular weight excluding hydrogens is 140 g/mol. The Hall–Kier alpha value is -1.31. The first-order valence-corrected chi connectivity index (χ1v) is 3.44. The van der Waals surface area contributed by atoms with Gasteiger partial charge in [-0.2, -0.15) is 0 Å². The van der Waals surface area contributed by atoms with Gasteiger partial charge >= 0.3 is 5.97 Å². The highest BCUT2D eigenvalue weighted by atomic mass is 16.4. The summed E-state index contributed by atoms with van der Waals surface area (Å²) in [6.45, 7) is 3.56. The second-order valence-corrected chi connectivity index (χ2v) is 1.99. The van der Waals surface area contributed by atoms with Gasteiger partial charge in [0.05, 0.1) is 0 Å². The SMILES string of the molecule is C=CCC/C=C/C=C/C(=O)O. The Morgan fingerprint density at radius 2 is 2.09 bits per heavy atom. The van der Waals surface area contributed by atoms with Gasteiger partial charge in [-0.3, -0.25) is 0 Å². The van der Waals surface area contributed by atoms with Gasteiger partial charge in [-0.1, -0.05) is 24.3 Å². The van der Waals surface area contributed by atoms with Crippen molar-refractivity contribution in [3.05, 3.63) is 37.0 Å². The predicted molar refractivity (Wildman–Crippen MR) is 45.3 cm³/mol. The highest BCUT2D eigenvalue weighted by Crippen LogP contribution is 1.90. The molecule has 0 aliphatic rings. The first kappa shape index (κ1) is 9.69. The van der Waals surface area contributed by atoms with Crippen molar-refractivity contribution in [2.45, 2.75) is 12.8 Å². The van der Waals surface area contributed by atoms with Crippen molar-refractivity contribution >= 4 is 5.97 Å². The number of carboxylic acids is 1. The molecule has 0 aromatic rings. The van der Waals surface area contributed by atoms with Crippen molar-refractivity contribution in [1.82, 2.24) is 0 Å². The molecule has 0 saturated heterocycles. The first-order valence-electron chi connectivity index (χ1n) is 3.44. The Bertz CT molecular complexity index is 178. The number of allylic oxidation sites excluding steroid dienone is 4. The molecule has 2 heteroatoms. The third-order valence-corrected chi connectivity index (χ3v) is 1.02. The van der Waals surface area contributed by atoms with Gasteiger partial charge in [0.2, 0.25) is 0 Å². The van der Waals surface area contributed by atoms with Crippen LogP contribution >= 0.6 is 0 Å². The van der Waals surface area contributed by atoms with E-state index in [1.165, 1.54) is 6.08 Å². The van der Waals surface area contributed by atoms with Crippen molar-refractivity contribution in [1.29, 1.82) is 0 Å². The Morgan fingerprint density at radius 1 is 1.36 bits per heavy atom. The van der Waals surface area contributed by atoms with Gasteiger partial charge in [0, 0.05) is 6.08 Å². The molecule has 1 N–H and O–H groups in total. The minimum Gasteiger partial charge on any atom is -0.478 e. The van der Waals surface area contributed by atoms with Crippen molar-refractivity contribution in [3.63, 3.8) is 0 Å². The van der Waals surface area contributed by atoms with E-state index < -0.39 is 5.97 Å². The number of aliphatic carboxylic acids is 1. The van der Waals surface area contributed by atoms with Gasteiger partial charge in [-0.15, -0.1) is 6.58 Å². The summed E-state index contributed by atoms with van der Waals surface area (Å²) in [7, 11) is 0. The van der Waals surface area contributed by atoms with Crippen LogP contribution in [0.5, 0.6) is 0 Å². The molecule has 0 rings (SSSR count). The average molecular weight is 152 g/mol. The monoisotopic (exact) mass is 152 g/mol. The minimum absolute atomic E-state index is 0.910. The normalized spacial score (nSPS) is 10.9. The maximum absolute atomic E-state index is 9.95. The quantitative estimate of drug-likeness (QED) is 0.283. The Labute approximate surface area is 66.5 Å². The summed E-state index contributed by atoms with van der Waals surface area (Å²) < 4.78 is 0. The van der Waals surface area contributed by atoms with Gasteiger partial charge in [0.1, 0.15) is 0 Å². The van der Waals surface area contributed by atoms with Crippen LogP contribution in [0.1, 0.15) is 12.8 Å². The summed E-state index contributed by atoms with van der Waals surface area (Å²) >= 11 is 0. The average Bonchev–Trinajstić information content (AvgIpc) is 1.96. The third-order valence-electron chi connectivity index (χ3n) is 1.02. The molecule has 0 aliphatic carbocycles. The lowest BCUT2D eigenvalue weighted by Crippen LogP contribution is -1.84. The van der Waals surface area contributed by atoms with Gasteiger partial charge in [-0.25, -0.2) is 4.79 Å². The van der Waals surface area contributed by atoms with E-state index in [9.17, 15) is 4.79 Å². The van der Waals surface area contributed by atoms with Crippen molar-refractivity contribution in [3.8, 4) is 0 Å². The van der Waals surface area contributed by atoms with Gasteiger partial charge in [0.25, 0.3) is 0 Å². The second-order valence-electron chi connectivity index (χ2n) is 1.99. The summed E-state index contributed by atoms with van der Waals surface area (Å²) in [5.74, 6) is -0.918. The molecular formula is C9H12O2. The molecule has 11 heavy (non-hydrogen) atoms. The number of rotatable bonds is 5. The van der Waals surface area contributed by atoms with E-state index >= 15 is 0 Å². The first-order chi connectivity index (χ1) is 5.27. The number of hydrogen-bond donors (Lipinski definition) is 1. The molecule has 0 atom stereocenters. The topological polar surface area (TPSA) is 37.3 Å². The number of carboxylic acid groups (broad SMARTS) is 1. The molecule has 2 nitrogen and oxygen atoms in total. The molecule has 0 unspecified atom stereocenters. The predicted octanol–water partition coefficient (Wildman–Crippen LogP) is 2.15. The van der Waals surface area contributed by atoms with Gasteiger partial charge < -0.3 is 5.11 Å². The molecule has 0 fully saturated rings. The standard InChI is InChI=1S/C9H12O2/c1-2-3-4-5-6-7-8-9(10)11/h2,5-8H,1,3-4H2,(H,10,11)/b6-5+,8-7+. The van der Waals surface area contributed by atoms with Crippen LogP contribution in [0, 0.1) is 0 Å². The molecule has 0 bridgehead atoms. The van der Waals surface area contributed by atoms with Crippen LogP contribution in [0.15, 0.2) is 37.0 Å². The zero-order valence-electron chi connectivity index (χ0n) is 6.36. The van der Waals surface area contributed by atoms with Crippen LogP contribution < -0.4 is 0 Å². The molecule has 0 heterocycles. The van der Waals surface area contributed by atoms with E-state index in [1.807, 2.05) is 12.2 Å². The molecule has 0 aromatic carbocycles. The summed E-state index contributed by atoms with van der Waals surface area (Å²) in [4.78, 5) is 9.95. The van der Waals surface area contributed by atoms with Gasteiger partial charge in [-0.05, 0) is 12.8 Å². The molecule has 0 aromatic heterocycles. The summed E-state index contributed by atoms with van der Waals surface area (Å²) in [6.07, 6.45) is 9.89. The van der Waals surface area contributed by atoms with Crippen molar-refractivity contribution in [2.24, 2.45) is 0 Å². The molecule has 0 radical (unpaired) electrons. The summed E-state index contributed by atoms with van der Waals surface area (Å²) in [5, 5.41) is 8.18. The van der Waals surface area contributed by atoms with Gasteiger partial charge in [0.15, 0.2) is 0 Å². The smallest absolute Gasteiger partial charge is 0.328 e. The maximum atomic E-state index is 9.95. The second kappa shape index (κ2) is 6.81. The molecule has 0 saturated carbocycles. The Kier molecular flexibility index (Phi) is 5.99. The molecule has 0 aliphatic heterocycles. The fraction of sp³-hybridized carbons (Fsp3) is 0.222. The van der Waals surface area contributed by atoms with Crippen LogP contribution in [-0.4, -0.2) is 11.1 Å². The van der Waals surface area contributed by atoms with Crippen molar-refractivity contribution < 1.29 is 9.90 Å². The highest BCUT2D eigenvalue weighted by molar-refractivity contribution is 5.80. The van der Waals surface area contributed by atoms with E-state index in [0.717, 1.165) is 18.9 Å². The fourth-order valence-corrected chi connectivity index (χ4v) is 0.527. The lowest BCUT2D eigenvalue weighted by atomic mass is 10.3. The number of hydrogen-bond acceptors (Lipinski definition) is 1. The van der Waals surface area contributed by atoms with Crippen LogP contribution in [0.2, 0.25) is 0 Å².